The summed E-state index contributed by atoms with van der Waals surface area (Å²) >= 11 is 0. The molecule has 2 heterocycles. The van der Waals surface area contributed by atoms with E-state index in [1.54, 1.807) is 12.1 Å². The van der Waals surface area contributed by atoms with Crippen LogP contribution >= 0.6 is 24.0 Å². The first kappa shape index (κ1) is 20.8. The Morgan fingerprint density at radius 1 is 1.22 bits per heavy atom. The van der Waals surface area contributed by atoms with Gasteiger partial charge in [-0.3, -0.25) is 4.99 Å². The first-order valence-corrected chi connectivity index (χ1v) is 10.1. The molecule has 2 saturated heterocycles. The van der Waals surface area contributed by atoms with Crippen molar-refractivity contribution in [3.63, 3.8) is 0 Å². The van der Waals surface area contributed by atoms with Gasteiger partial charge in [-0.2, -0.15) is 0 Å². The highest BCUT2D eigenvalue weighted by Crippen LogP contribution is 2.48. The second kappa shape index (κ2) is 8.64. The molecule has 0 radical (unpaired) electrons. The number of guanidine groups is 1. The number of rotatable bonds is 4. The third-order valence-corrected chi connectivity index (χ3v) is 6.80. The molecule has 2 bridgehead atoms. The predicted octanol–water partition coefficient (Wildman–Crippen LogP) is 3.66. The predicted molar refractivity (Wildman–Crippen MR) is 119 cm³/mol. The molecule has 4 rings (SSSR count). The molecular weight excluding hydrogens is 454 g/mol. The van der Waals surface area contributed by atoms with Gasteiger partial charge in [0.1, 0.15) is 5.82 Å². The Morgan fingerprint density at radius 2 is 1.89 bits per heavy atom. The smallest absolute Gasteiger partial charge is 0.191 e. The summed E-state index contributed by atoms with van der Waals surface area (Å²) in [5.74, 6) is 0.776. The summed E-state index contributed by atoms with van der Waals surface area (Å²) < 4.78 is 14.2. The van der Waals surface area contributed by atoms with Crippen molar-refractivity contribution in [1.82, 2.24) is 15.5 Å². The van der Waals surface area contributed by atoms with E-state index in [4.69, 9.17) is 0 Å². The summed E-state index contributed by atoms with van der Waals surface area (Å²) in [6.07, 6.45) is 8.44. The third kappa shape index (κ3) is 4.42. The monoisotopic (exact) mass is 486 g/mol. The standard InChI is InChI=1S/C21H31FN4.HI/c1-23-20(25-15-12-16-6-5-7-17(13-15)26(16)2)24-14-21(10-11-21)18-8-3-4-9-19(18)22;/h3-4,8-9,15-17H,5-7,10-14H2,1-2H3,(H2,23,24,25);1H. The zero-order valence-electron chi connectivity index (χ0n) is 16.4. The van der Waals surface area contributed by atoms with Crippen LogP contribution in [0, 0.1) is 5.82 Å². The number of aliphatic imine (C=N–C) groups is 1. The zero-order chi connectivity index (χ0) is 18.1. The molecular formula is C21H32FIN4. The molecule has 0 amide bonds. The fourth-order valence-electron chi connectivity index (χ4n) is 4.96. The molecule has 4 nitrogen and oxygen atoms in total. The minimum absolute atomic E-state index is 0. The number of piperidine rings is 2. The summed E-state index contributed by atoms with van der Waals surface area (Å²) in [6.45, 7) is 0.743. The highest BCUT2D eigenvalue weighted by atomic mass is 127. The van der Waals surface area contributed by atoms with Crippen LogP contribution in [0.2, 0.25) is 0 Å². The quantitative estimate of drug-likeness (QED) is 0.388. The summed E-state index contributed by atoms with van der Waals surface area (Å²) in [5, 5.41) is 7.12. The summed E-state index contributed by atoms with van der Waals surface area (Å²) in [6, 6.07) is 9.08. The van der Waals surface area contributed by atoms with Gasteiger partial charge in [-0.1, -0.05) is 24.6 Å². The Labute approximate surface area is 179 Å². The highest BCUT2D eigenvalue weighted by Gasteiger charge is 2.46. The fraction of sp³-hybridized carbons (Fsp3) is 0.667. The molecule has 1 saturated carbocycles. The Hall–Kier alpha value is -0.890. The summed E-state index contributed by atoms with van der Waals surface area (Å²) in [5.41, 5.74) is 0.781. The van der Waals surface area contributed by atoms with E-state index in [2.05, 4.69) is 27.6 Å². The summed E-state index contributed by atoms with van der Waals surface area (Å²) in [7, 11) is 4.11. The van der Waals surface area contributed by atoms with Crippen molar-refractivity contribution in [3.8, 4) is 0 Å². The normalized spacial score (nSPS) is 29.6. The lowest BCUT2D eigenvalue weighted by atomic mass is 9.82. The van der Waals surface area contributed by atoms with E-state index in [0.29, 0.717) is 18.1 Å². The molecule has 3 fully saturated rings. The van der Waals surface area contributed by atoms with E-state index < -0.39 is 0 Å². The summed E-state index contributed by atoms with van der Waals surface area (Å²) in [4.78, 5) is 7.01. The van der Waals surface area contributed by atoms with Crippen molar-refractivity contribution in [3.05, 3.63) is 35.6 Å². The number of hydrogen-bond acceptors (Lipinski definition) is 2. The zero-order valence-corrected chi connectivity index (χ0v) is 18.7. The molecule has 0 spiro atoms. The number of benzene rings is 1. The van der Waals surface area contributed by atoms with Crippen molar-refractivity contribution in [2.75, 3.05) is 20.6 Å². The average Bonchev–Trinajstić information content (AvgIpc) is 3.40. The van der Waals surface area contributed by atoms with Crippen LogP contribution in [0.3, 0.4) is 0 Å². The first-order valence-electron chi connectivity index (χ1n) is 10.1. The van der Waals surface area contributed by atoms with Crippen molar-refractivity contribution in [1.29, 1.82) is 0 Å². The van der Waals surface area contributed by atoms with Crippen molar-refractivity contribution < 1.29 is 4.39 Å². The number of nitrogens with zero attached hydrogens (tertiary/aromatic N) is 2. The molecule has 1 aliphatic carbocycles. The van der Waals surface area contributed by atoms with Gasteiger partial charge >= 0.3 is 0 Å². The van der Waals surface area contributed by atoms with Gasteiger partial charge in [0.2, 0.25) is 0 Å². The van der Waals surface area contributed by atoms with E-state index >= 15 is 0 Å². The maximum absolute atomic E-state index is 14.2. The molecule has 2 N–H and O–H groups in total. The van der Waals surface area contributed by atoms with Gasteiger partial charge in [-0.05, 0) is 57.2 Å². The van der Waals surface area contributed by atoms with Crippen LogP contribution < -0.4 is 10.6 Å². The molecule has 150 valence electrons. The Balaban J connectivity index is 0.00000210. The van der Waals surface area contributed by atoms with Crippen molar-refractivity contribution >= 4 is 29.9 Å². The highest BCUT2D eigenvalue weighted by molar-refractivity contribution is 14.0. The molecule has 2 unspecified atom stereocenters. The Kier molecular flexibility index (Phi) is 6.66. The van der Waals surface area contributed by atoms with E-state index in [1.165, 1.54) is 32.1 Å². The number of fused-ring (bicyclic) bond motifs is 2. The van der Waals surface area contributed by atoms with Crippen molar-refractivity contribution in [2.24, 2.45) is 4.99 Å². The lowest BCUT2D eigenvalue weighted by molar-refractivity contribution is 0.0526. The maximum Gasteiger partial charge on any atom is 0.191 e. The largest absolute Gasteiger partial charge is 0.356 e. The lowest BCUT2D eigenvalue weighted by Gasteiger charge is -2.47. The molecule has 3 aliphatic rings. The average molecular weight is 486 g/mol. The van der Waals surface area contributed by atoms with E-state index in [1.807, 2.05) is 19.2 Å². The maximum atomic E-state index is 14.2. The molecule has 27 heavy (non-hydrogen) atoms. The van der Waals surface area contributed by atoms with Crippen LogP contribution in [0.15, 0.2) is 29.3 Å². The van der Waals surface area contributed by atoms with Crippen LogP contribution in [0.1, 0.15) is 50.5 Å². The second-order valence-electron chi connectivity index (χ2n) is 8.40. The van der Waals surface area contributed by atoms with Gasteiger partial charge in [-0.25, -0.2) is 4.39 Å². The van der Waals surface area contributed by atoms with Crippen LogP contribution in [0.25, 0.3) is 0 Å². The number of halogens is 2. The van der Waals surface area contributed by atoms with Crippen LogP contribution in [0.4, 0.5) is 4.39 Å². The Bertz CT molecular complexity index is 662. The van der Waals surface area contributed by atoms with Gasteiger partial charge in [0.05, 0.1) is 0 Å². The molecule has 6 heteroatoms. The van der Waals surface area contributed by atoms with E-state index in [0.717, 1.165) is 30.9 Å². The fourth-order valence-corrected chi connectivity index (χ4v) is 4.96. The third-order valence-electron chi connectivity index (χ3n) is 6.80. The van der Waals surface area contributed by atoms with Crippen LogP contribution in [-0.4, -0.2) is 49.6 Å². The molecule has 1 aromatic rings. The minimum Gasteiger partial charge on any atom is -0.356 e. The lowest BCUT2D eigenvalue weighted by Crippen LogP contribution is -2.57. The van der Waals surface area contributed by atoms with Gasteiger partial charge in [-0.15, -0.1) is 24.0 Å². The first-order chi connectivity index (χ1) is 12.6. The van der Waals surface area contributed by atoms with Gasteiger partial charge < -0.3 is 15.5 Å². The minimum atomic E-state index is -0.0853. The Morgan fingerprint density at radius 3 is 2.48 bits per heavy atom. The topological polar surface area (TPSA) is 39.7 Å². The number of nitrogens with one attached hydrogen (secondary N) is 2. The van der Waals surface area contributed by atoms with E-state index in [9.17, 15) is 4.39 Å². The van der Waals surface area contributed by atoms with Crippen molar-refractivity contribution in [2.45, 2.75) is 68.5 Å². The molecule has 2 atom stereocenters. The number of hydrogen-bond donors (Lipinski definition) is 2. The molecule has 0 aromatic heterocycles. The molecule has 1 aromatic carbocycles. The van der Waals surface area contributed by atoms with Crippen LogP contribution in [0.5, 0.6) is 0 Å². The van der Waals surface area contributed by atoms with Gasteiger partial charge in [0, 0.05) is 37.1 Å². The van der Waals surface area contributed by atoms with Gasteiger partial charge in [0.15, 0.2) is 5.96 Å². The van der Waals surface area contributed by atoms with E-state index in [-0.39, 0.29) is 35.2 Å². The van der Waals surface area contributed by atoms with Gasteiger partial charge in [0.25, 0.3) is 0 Å². The second-order valence-corrected chi connectivity index (χ2v) is 8.40. The molecule has 2 aliphatic heterocycles. The SMILES string of the molecule is CN=C(NCC1(c2ccccc2F)CC1)NC1CC2CCCC(C1)N2C.I. The van der Waals surface area contributed by atoms with Crippen LogP contribution in [-0.2, 0) is 5.41 Å².